The predicted molar refractivity (Wildman–Crippen MR) is 70.2 cm³/mol. The van der Waals surface area contributed by atoms with Crippen LogP contribution in [0.2, 0.25) is 0 Å². The lowest BCUT2D eigenvalue weighted by Crippen LogP contribution is -2.26. The summed E-state index contributed by atoms with van der Waals surface area (Å²) in [5, 5.41) is 10.4. The van der Waals surface area contributed by atoms with Crippen molar-refractivity contribution in [1.82, 2.24) is 0 Å². The van der Waals surface area contributed by atoms with Crippen molar-refractivity contribution in [2.45, 2.75) is 37.2 Å². The average Bonchev–Trinajstić information content (AvgIpc) is 2.53. The third kappa shape index (κ3) is 2.08. The molecule has 1 saturated heterocycles. The van der Waals surface area contributed by atoms with Crippen LogP contribution in [0.3, 0.4) is 0 Å². The van der Waals surface area contributed by atoms with Gasteiger partial charge in [-0.05, 0) is 36.3 Å². The van der Waals surface area contributed by atoms with Crippen LogP contribution in [-0.2, 0) is 15.4 Å². The summed E-state index contributed by atoms with van der Waals surface area (Å²) in [6, 6.07) is 7.88. The highest BCUT2D eigenvalue weighted by atomic mass is 32.2. The van der Waals surface area contributed by atoms with Gasteiger partial charge in [0.05, 0.1) is 11.5 Å². The van der Waals surface area contributed by atoms with Gasteiger partial charge >= 0.3 is 0 Å². The van der Waals surface area contributed by atoms with Gasteiger partial charge in [0.15, 0.2) is 9.84 Å². The van der Waals surface area contributed by atoms with Gasteiger partial charge in [-0.25, -0.2) is 8.42 Å². The van der Waals surface area contributed by atoms with Gasteiger partial charge in [0.1, 0.15) is 5.60 Å². The standard InChI is InChI=1S/C14H18O3S/c15-14(8-9-18(16,17)10-14)13-6-4-12(5-7-13)11-2-1-3-11/h4-7,11,15H,1-3,8-10H2. The SMILES string of the molecule is O=S1(=O)CCC(O)(c2ccc(C3CCC3)cc2)C1. The maximum absolute atomic E-state index is 11.5. The van der Waals surface area contributed by atoms with E-state index >= 15 is 0 Å². The van der Waals surface area contributed by atoms with E-state index in [0.717, 1.165) is 5.56 Å². The molecular weight excluding hydrogens is 248 g/mol. The van der Waals surface area contributed by atoms with Gasteiger partial charge in [0.2, 0.25) is 0 Å². The van der Waals surface area contributed by atoms with Gasteiger partial charge in [-0.15, -0.1) is 0 Å². The first kappa shape index (κ1) is 12.2. The van der Waals surface area contributed by atoms with E-state index < -0.39 is 15.4 Å². The third-order valence-corrected chi connectivity index (χ3v) is 6.05. The lowest BCUT2D eigenvalue weighted by atomic mass is 9.79. The highest BCUT2D eigenvalue weighted by Gasteiger charge is 2.41. The van der Waals surface area contributed by atoms with Crippen LogP contribution >= 0.6 is 0 Å². The topological polar surface area (TPSA) is 54.4 Å². The molecule has 1 heterocycles. The van der Waals surface area contributed by atoms with Crippen molar-refractivity contribution in [3.63, 3.8) is 0 Å². The Morgan fingerprint density at radius 3 is 2.28 bits per heavy atom. The van der Waals surface area contributed by atoms with Crippen LogP contribution in [0.4, 0.5) is 0 Å². The van der Waals surface area contributed by atoms with Crippen molar-refractivity contribution in [2.75, 3.05) is 11.5 Å². The minimum Gasteiger partial charge on any atom is -0.384 e. The second-order valence-electron chi connectivity index (χ2n) is 5.62. The molecule has 3 rings (SSSR count). The van der Waals surface area contributed by atoms with Crippen LogP contribution in [-0.4, -0.2) is 25.0 Å². The molecule has 1 N–H and O–H groups in total. The van der Waals surface area contributed by atoms with E-state index in [0.29, 0.717) is 12.3 Å². The summed E-state index contributed by atoms with van der Waals surface area (Å²) in [4.78, 5) is 0. The number of hydrogen-bond acceptors (Lipinski definition) is 3. The molecule has 1 aromatic carbocycles. The average molecular weight is 266 g/mol. The Balaban J connectivity index is 1.84. The predicted octanol–water partition coefficient (Wildman–Crippen LogP) is 1.96. The molecule has 1 aliphatic heterocycles. The second kappa shape index (κ2) is 4.07. The third-order valence-electron chi connectivity index (χ3n) is 4.31. The first-order valence-electron chi connectivity index (χ1n) is 6.52. The minimum atomic E-state index is -3.07. The molecule has 4 heteroatoms. The zero-order chi connectivity index (χ0) is 12.8. The summed E-state index contributed by atoms with van der Waals surface area (Å²) < 4.78 is 23.0. The highest BCUT2D eigenvalue weighted by molar-refractivity contribution is 7.91. The lowest BCUT2D eigenvalue weighted by Gasteiger charge is -2.27. The molecule has 18 heavy (non-hydrogen) atoms. The van der Waals surface area contributed by atoms with Crippen molar-refractivity contribution < 1.29 is 13.5 Å². The van der Waals surface area contributed by atoms with E-state index in [-0.39, 0.29) is 11.5 Å². The summed E-state index contributed by atoms with van der Waals surface area (Å²) in [7, 11) is -3.07. The molecule has 1 aliphatic carbocycles. The monoisotopic (exact) mass is 266 g/mol. The van der Waals surface area contributed by atoms with Crippen LogP contribution < -0.4 is 0 Å². The fourth-order valence-corrected chi connectivity index (χ4v) is 4.70. The highest BCUT2D eigenvalue weighted by Crippen LogP contribution is 2.38. The molecule has 1 unspecified atom stereocenters. The normalized spacial score (nSPS) is 31.2. The first-order chi connectivity index (χ1) is 8.49. The molecular formula is C14H18O3S. The Kier molecular flexibility index (Phi) is 2.75. The number of aliphatic hydroxyl groups is 1. The summed E-state index contributed by atoms with van der Waals surface area (Å²) in [5.74, 6) is 0.623. The van der Waals surface area contributed by atoms with Gasteiger partial charge in [-0.2, -0.15) is 0 Å². The fourth-order valence-electron chi connectivity index (χ4n) is 2.87. The molecule has 0 spiro atoms. The maximum atomic E-state index is 11.5. The van der Waals surface area contributed by atoms with E-state index in [2.05, 4.69) is 0 Å². The molecule has 1 saturated carbocycles. The summed E-state index contributed by atoms with van der Waals surface area (Å²) in [6.45, 7) is 0. The largest absolute Gasteiger partial charge is 0.384 e. The Bertz CT molecular complexity index is 543. The van der Waals surface area contributed by atoms with E-state index in [1.54, 1.807) is 0 Å². The number of rotatable bonds is 2. The van der Waals surface area contributed by atoms with Crippen molar-refractivity contribution in [3.05, 3.63) is 35.4 Å². The Hall–Kier alpha value is -0.870. The van der Waals surface area contributed by atoms with Gasteiger partial charge < -0.3 is 5.11 Å². The number of hydrogen-bond donors (Lipinski definition) is 1. The summed E-state index contributed by atoms with van der Waals surface area (Å²) in [5.41, 5.74) is 0.887. The van der Waals surface area contributed by atoms with Gasteiger partial charge in [-0.3, -0.25) is 0 Å². The van der Waals surface area contributed by atoms with Crippen LogP contribution in [0.1, 0.15) is 42.7 Å². The van der Waals surface area contributed by atoms with Crippen molar-refractivity contribution in [3.8, 4) is 0 Å². The van der Waals surface area contributed by atoms with Crippen molar-refractivity contribution in [1.29, 1.82) is 0 Å². The van der Waals surface area contributed by atoms with Crippen LogP contribution in [0.5, 0.6) is 0 Å². The van der Waals surface area contributed by atoms with E-state index in [1.165, 1.54) is 24.8 Å². The van der Waals surface area contributed by atoms with Crippen LogP contribution in [0.25, 0.3) is 0 Å². The lowest BCUT2D eigenvalue weighted by molar-refractivity contribution is 0.0652. The molecule has 0 amide bonds. The Morgan fingerprint density at radius 2 is 1.83 bits per heavy atom. The number of benzene rings is 1. The van der Waals surface area contributed by atoms with Crippen molar-refractivity contribution in [2.24, 2.45) is 0 Å². The first-order valence-corrected chi connectivity index (χ1v) is 8.34. The van der Waals surface area contributed by atoms with Gasteiger partial charge in [0.25, 0.3) is 0 Å². The van der Waals surface area contributed by atoms with Gasteiger partial charge in [-0.1, -0.05) is 30.7 Å². The molecule has 2 aliphatic rings. The second-order valence-corrected chi connectivity index (χ2v) is 7.81. The van der Waals surface area contributed by atoms with Crippen LogP contribution in [0, 0.1) is 0 Å². The summed E-state index contributed by atoms with van der Waals surface area (Å²) >= 11 is 0. The van der Waals surface area contributed by atoms with E-state index in [4.69, 9.17) is 0 Å². The molecule has 0 radical (unpaired) electrons. The fraction of sp³-hybridized carbons (Fsp3) is 0.571. The number of sulfone groups is 1. The zero-order valence-electron chi connectivity index (χ0n) is 10.3. The molecule has 2 fully saturated rings. The molecule has 1 aromatic rings. The Labute approximate surface area is 108 Å². The zero-order valence-corrected chi connectivity index (χ0v) is 11.1. The molecule has 0 aromatic heterocycles. The van der Waals surface area contributed by atoms with Crippen molar-refractivity contribution >= 4 is 9.84 Å². The molecule has 0 bridgehead atoms. The maximum Gasteiger partial charge on any atom is 0.153 e. The molecule has 3 nitrogen and oxygen atoms in total. The minimum absolute atomic E-state index is 0.0911. The molecule has 1 atom stereocenters. The molecule has 98 valence electrons. The van der Waals surface area contributed by atoms with Crippen LogP contribution in [0.15, 0.2) is 24.3 Å². The van der Waals surface area contributed by atoms with E-state index in [9.17, 15) is 13.5 Å². The quantitative estimate of drug-likeness (QED) is 0.890. The van der Waals surface area contributed by atoms with E-state index in [1.807, 2.05) is 24.3 Å². The summed E-state index contributed by atoms with van der Waals surface area (Å²) in [6.07, 6.45) is 4.11. The Morgan fingerprint density at radius 1 is 1.17 bits per heavy atom. The van der Waals surface area contributed by atoms with Gasteiger partial charge in [0, 0.05) is 0 Å². The smallest absolute Gasteiger partial charge is 0.153 e.